The first-order chi connectivity index (χ1) is 11.1. The Kier molecular flexibility index (Phi) is 3.15. The average molecular weight is 332 g/mol. The van der Waals surface area contributed by atoms with Gasteiger partial charge in [0.1, 0.15) is 5.78 Å². The van der Waals surface area contributed by atoms with E-state index in [0.29, 0.717) is 18.4 Å². The Bertz CT molecular complexity index is 650. The number of carbonyl (C=O) groups excluding carboxylic acids is 2. The molecule has 2 bridgehead atoms. The summed E-state index contributed by atoms with van der Waals surface area (Å²) in [5, 5.41) is 22.1. The SMILES string of the molecule is C=C1C(=O)C23C(O)C1CCC2[C@]1(C)CCC(=O)C(C)(C)[C@H]1C[C@H]3O. The Labute approximate surface area is 143 Å². The monoisotopic (exact) mass is 332 g/mol. The molecule has 4 unspecified atom stereocenters. The van der Waals surface area contributed by atoms with Gasteiger partial charge in [0.15, 0.2) is 5.78 Å². The third kappa shape index (κ3) is 1.53. The van der Waals surface area contributed by atoms with Crippen LogP contribution in [0.1, 0.15) is 52.9 Å². The van der Waals surface area contributed by atoms with Crippen LogP contribution in [0, 0.1) is 34.0 Å². The zero-order valence-electron chi connectivity index (χ0n) is 14.8. The summed E-state index contributed by atoms with van der Waals surface area (Å²) >= 11 is 0. The van der Waals surface area contributed by atoms with Gasteiger partial charge in [-0.25, -0.2) is 0 Å². The maximum absolute atomic E-state index is 13.1. The highest BCUT2D eigenvalue weighted by molar-refractivity contribution is 6.04. The molecule has 0 aromatic rings. The van der Waals surface area contributed by atoms with Gasteiger partial charge in [0, 0.05) is 17.8 Å². The molecule has 4 heteroatoms. The maximum atomic E-state index is 13.1. The van der Waals surface area contributed by atoms with E-state index in [1.807, 2.05) is 13.8 Å². The van der Waals surface area contributed by atoms with Gasteiger partial charge in [0.25, 0.3) is 0 Å². The quantitative estimate of drug-likeness (QED) is 0.667. The Morgan fingerprint density at radius 2 is 1.75 bits per heavy atom. The van der Waals surface area contributed by atoms with Crippen LogP contribution in [-0.4, -0.2) is 34.0 Å². The fourth-order valence-electron chi connectivity index (χ4n) is 7.14. The molecule has 0 radical (unpaired) electrons. The summed E-state index contributed by atoms with van der Waals surface area (Å²) in [4.78, 5) is 25.6. The number of hydrogen-bond acceptors (Lipinski definition) is 4. The second-order valence-corrected chi connectivity index (χ2v) is 9.42. The smallest absolute Gasteiger partial charge is 0.170 e. The van der Waals surface area contributed by atoms with Crippen molar-refractivity contribution in [2.75, 3.05) is 0 Å². The number of Topliss-reactive ketones (excluding diaryl/α,β-unsaturated/α-hetero) is 2. The summed E-state index contributed by atoms with van der Waals surface area (Å²) in [6.07, 6.45) is 1.53. The average Bonchev–Trinajstić information content (AvgIpc) is 2.64. The van der Waals surface area contributed by atoms with Crippen LogP contribution in [0.3, 0.4) is 0 Å². The Balaban J connectivity index is 1.88. The number of hydrogen-bond donors (Lipinski definition) is 2. The number of aliphatic hydroxyl groups excluding tert-OH is 2. The van der Waals surface area contributed by atoms with Crippen LogP contribution < -0.4 is 0 Å². The molecule has 0 aromatic carbocycles. The molecule has 0 heterocycles. The van der Waals surface area contributed by atoms with Crippen LogP contribution in [0.15, 0.2) is 12.2 Å². The van der Waals surface area contributed by atoms with Crippen molar-refractivity contribution in [1.29, 1.82) is 0 Å². The van der Waals surface area contributed by atoms with E-state index in [2.05, 4.69) is 13.5 Å². The molecule has 4 aliphatic carbocycles. The van der Waals surface area contributed by atoms with Gasteiger partial charge in [-0.2, -0.15) is 0 Å². The summed E-state index contributed by atoms with van der Waals surface area (Å²) < 4.78 is 0. The molecule has 4 saturated carbocycles. The largest absolute Gasteiger partial charge is 0.392 e. The van der Waals surface area contributed by atoms with E-state index >= 15 is 0 Å². The minimum atomic E-state index is -1.10. The zero-order chi connectivity index (χ0) is 17.7. The van der Waals surface area contributed by atoms with Gasteiger partial charge < -0.3 is 10.2 Å². The van der Waals surface area contributed by atoms with E-state index in [4.69, 9.17) is 0 Å². The second-order valence-electron chi connectivity index (χ2n) is 9.42. The molecule has 1 spiro atoms. The third-order valence-corrected chi connectivity index (χ3v) is 8.43. The van der Waals surface area contributed by atoms with E-state index in [1.165, 1.54) is 0 Å². The lowest BCUT2D eigenvalue weighted by Gasteiger charge is -2.64. The molecule has 24 heavy (non-hydrogen) atoms. The van der Waals surface area contributed by atoms with Crippen LogP contribution >= 0.6 is 0 Å². The minimum Gasteiger partial charge on any atom is -0.392 e. The molecule has 0 aromatic heterocycles. The van der Waals surface area contributed by atoms with Gasteiger partial charge in [-0.15, -0.1) is 0 Å². The van der Waals surface area contributed by atoms with Crippen molar-refractivity contribution in [3.8, 4) is 0 Å². The van der Waals surface area contributed by atoms with Crippen LogP contribution in [0.4, 0.5) is 0 Å². The lowest BCUT2D eigenvalue weighted by atomic mass is 9.39. The predicted octanol–water partition coefficient (Wildman–Crippen LogP) is 2.28. The normalized spacial score (nSPS) is 52.9. The van der Waals surface area contributed by atoms with Crippen LogP contribution in [0.25, 0.3) is 0 Å². The van der Waals surface area contributed by atoms with Crippen molar-refractivity contribution in [2.45, 2.75) is 65.1 Å². The summed E-state index contributed by atoms with van der Waals surface area (Å²) in [6.45, 7) is 10.1. The zero-order valence-corrected chi connectivity index (χ0v) is 14.8. The van der Waals surface area contributed by atoms with Gasteiger partial charge in [0.05, 0.1) is 17.6 Å². The van der Waals surface area contributed by atoms with Gasteiger partial charge in [-0.05, 0) is 48.5 Å². The fraction of sp³-hybridized carbons (Fsp3) is 0.800. The molecule has 4 rings (SSSR count). The van der Waals surface area contributed by atoms with Crippen LogP contribution in [0.2, 0.25) is 0 Å². The summed E-state index contributed by atoms with van der Waals surface area (Å²) in [7, 11) is 0. The number of fused-ring (bicyclic) bond motifs is 3. The molecule has 132 valence electrons. The number of ketones is 2. The van der Waals surface area contributed by atoms with E-state index < -0.39 is 23.0 Å². The van der Waals surface area contributed by atoms with Crippen molar-refractivity contribution < 1.29 is 19.8 Å². The summed E-state index contributed by atoms with van der Waals surface area (Å²) in [5.74, 6) is -0.109. The number of carbonyl (C=O) groups is 2. The van der Waals surface area contributed by atoms with Crippen molar-refractivity contribution in [3.63, 3.8) is 0 Å². The van der Waals surface area contributed by atoms with E-state index in [-0.39, 0.29) is 34.7 Å². The number of aliphatic hydroxyl groups is 2. The first kappa shape index (κ1) is 16.5. The van der Waals surface area contributed by atoms with Gasteiger partial charge >= 0.3 is 0 Å². The molecule has 4 aliphatic rings. The van der Waals surface area contributed by atoms with Crippen molar-refractivity contribution in [1.82, 2.24) is 0 Å². The van der Waals surface area contributed by atoms with Crippen LogP contribution in [0.5, 0.6) is 0 Å². The molecule has 0 saturated heterocycles. The standard InChI is InChI=1S/C20H28O4/c1-10-11-5-6-12-19(4)8-7-14(21)18(2,3)13(19)9-15(22)20(12,16(10)23)17(11)24/h11-13,15,17,22,24H,1,5-9H2,2-4H3/t11?,12?,13-,15-,17?,19+,20?/m1/s1. The van der Waals surface area contributed by atoms with Crippen LogP contribution in [-0.2, 0) is 9.59 Å². The summed E-state index contributed by atoms with van der Waals surface area (Å²) in [6, 6.07) is 0. The summed E-state index contributed by atoms with van der Waals surface area (Å²) in [5.41, 5.74) is -1.29. The molecule has 0 aliphatic heterocycles. The van der Waals surface area contributed by atoms with Crippen molar-refractivity contribution in [2.24, 2.45) is 34.0 Å². The molecule has 0 amide bonds. The van der Waals surface area contributed by atoms with E-state index in [1.54, 1.807) is 0 Å². The van der Waals surface area contributed by atoms with E-state index in [9.17, 15) is 19.8 Å². The van der Waals surface area contributed by atoms with Gasteiger partial charge in [0.2, 0.25) is 0 Å². The molecule has 4 nitrogen and oxygen atoms in total. The highest BCUT2D eigenvalue weighted by Gasteiger charge is 2.74. The van der Waals surface area contributed by atoms with Crippen molar-refractivity contribution >= 4 is 11.6 Å². The lowest BCUT2D eigenvalue weighted by Crippen LogP contribution is -2.67. The number of rotatable bonds is 0. The Morgan fingerprint density at radius 3 is 2.42 bits per heavy atom. The second kappa shape index (κ2) is 4.59. The first-order valence-corrected chi connectivity index (χ1v) is 9.22. The highest BCUT2D eigenvalue weighted by atomic mass is 16.3. The first-order valence-electron chi connectivity index (χ1n) is 9.22. The maximum Gasteiger partial charge on any atom is 0.170 e. The van der Waals surface area contributed by atoms with Gasteiger partial charge in [-0.1, -0.05) is 27.4 Å². The lowest BCUT2D eigenvalue weighted by molar-refractivity contribution is -0.222. The topological polar surface area (TPSA) is 74.6 Å². The fourth-order valence-corrected chi connectivity index (χ4v) is 7.14. The Hall–Kier alpha value is -1.00. The van der Waals surface area contributed by atoms with E-state index in [0.717, 1.165) is 19.3 Å². The molecular formula is C20H28O4. The molecule has 4 fully saturated rings. The Morgan fingerprint density at radius 1 is 1.08 bits per heavy atom. The predicted molar refractivity (Wildman–Crippen MR) is 89.0 cm³/mol. The minimum absolute atomic E-state index is 0.0438. The highest BCUT2D eigenvalue weighted by Crippen LogP contribution is 2.70. The molecular weight excluding hydrogens is 304 g/mol. The third-order valence-electron chi connectivity index (χ3n) is 8.43. The van der Waals surface area contributed by atoms with Gasteiger partial charge in [-0.3, -0.25) is 9.59 Å². The van der Waals surface area contributed by atoms with Crippen molar-refractivity contribution in [3.05, 3.63) is 12.2 Å². The molecule has 7 atom stereocenters. The molecule has 2 N–H and O–H groups in total.